The van der Waals surface area contributed by atoms with E-state index in [1.54, 1.807) is 5.57 Å². The molecule has 0 aromatic carbocycles. The Morgan fingerprint density at radius 2 is 2.12 bits per heavy atom. The molecule has 0 aromatic rings. The fourth-order valence-electron chi connectivity index (χ4n) is 2.05. The van der Waals surface area contributed by atoms with Crippen LogP contribution in [0.25, 0.3) is 0 Å². The molecule has 3 heteroatoms. The summed E-state index contributed by atoms with van der Waals surface area (Å²) in [5, 5.41) is 6.14. The minimum Gasteiger partial charge on any atom is -0.350 e. The fourth-order valence-corrected chi connectivity index (χ4v) is 2.05. The molecule has 1 rings (SSSR count). The van der Waals surface area contributed by atoms with Crippen molar-refractivity contribution >= 4 is 5.91 Å². The smallest absolute Gasteiger partial charge is 0.234 e. The molecule has 1 amide bonds. The second kappa shape index (κ2) is 6.80. The van der Waals surface area contributed by atoms with E-state index in [0.717, 1.165) is 13.0 Å². The quantitative estimate of drug-likeness (QED) is 0.570. The van der Waals surface area contributed by atoms with E-state index in [9.17, 15) is 4.79 Å². The van der Waals surface area contributed by atoms with Crippen LogP contribution < -0.4 is 10.6 Å². The lowest BCUT2D eigenvalue weighted by atomic mass is 9.97. The fraction of sp³-hybridized carbons (Fsp3) is 0.786. The molecule has 0 spiro atoms. The third-order valence-corrected chi connectivity index (χ3v) is 2.81. The lowest BCUT2D eigenvalue weighted by Crippen LogP contribution is -2.45. The van der Waals surface area contributed by atoms with Crippen LogP contribution in [0.5, 0.6) is 0 Å². The summed E-state index contributed by atoms with van der Waals surface area (Å²) in [6.45, 7) is 7.32. The highest BCUT2D eigenvalue weighted by molar-refractivity contribution is 5.78. The minimum atomic E-state index is -0.134. The van der Waals surface area contributed by atoms with E-state index in [1.807, 2.05) is 20.8 Å². The Balaban J connectivity index is 2.07. The Morgan fingerprint density at radius 3 is 2.71 bits per heavy atom. The number of carbonyl (C=O) groups excluding carboxylic acids is 1. The van der Waals surface area contributed by atoms with E-state index < -0.39 is 0 Å². The molecule has 17 heavy (non-hydrogen) atoms. The number of nitrogens with one attached hydrogen (secondary N) is 2. The highest BCUT2D eigenvalue weighted by Gasteiger charge is 2.12. The number of allylic oxidation sites excluding steroid dienone is 1. The van der Waals surface area contributed by atoms with Crippen molar-refractivity contribution in [1.82, 2.24) is 10.6 Å². The molecule has 0 saturated heterocycles. The van der Waals surface area contributed by atoms with Crippen molar-refractivity contribution in [3.63, 3.8) is 0 Å². The summed E-state index contributed by atoms with van der Waals surface area (Å²) in [5.74, 6) is 0.0788. The van der Waals surface area contributed by atoms with Crippen molar-refractivity contribution in [2.24, 2.45) is 0 Å². The van der Waals surface area contributed by atoms with Gasteiger partial charge in [-0.15, -0.1) is 0 Å². The lowest BCUT2D eigenvalue weighted by Gasteiger charge is -2.20. The monoisotopic (exact) mass is 238 g/mol. The van der Waals surface area contributed by atoms with E-state index in [4.69, 9.17) is 0 Å². The van der Waals surface area contributed by atoms with Crippen LogP contribution in [-0.2, 0) is 4.79 Å². The van der Waals surface area contributed by atoms with Gasteiger partial charge in [0.2, 0.25) is 5.91 Å². The molecule has 0 fully saturated rings. The Morgan fingerprint density at radius 1 is 1.35 bits per heavy atom. The molecule has 0 bridgehead atoms. The summed E-state index contributed by atoms with van der Waals surface area (Å²) in [5.41, 5.74) is 1.42. The molecular weight excluding hydrogens is 212 g/mol. The first kappa shape index (κ1) is 14.2. The standard InChI is InChI=1S/C14H26N2O/c1-14(2,3)16-13(17)11-15-10-9-12-7-5-4-6-8-12/h7,15H,4-6,8-11H2,1-3H3,(H,16,17). The van der Waals surface area contributed by atoms with Gasteiger partial charge in [0.05, 0.1) is 6.54 Å². The Kier molecular flexibility index (Phi) is 5.69. The number of hydrogen-bond acceptors (Lipinski definition) is 2. The van der Waals surface area contributed by atoms with E-state index in [-0.39, 0.29) is 11.4 Å². The molecule has 0 heterocycles. The number of amides is 1. The van der Waals surface area contributed by atoms with Crippen molar-refractivity contribution in [3.05, 3.63) is 11.6 Å². The van der Waals surface area contributed by atoms with Crippen molar-refractivity contribution in [1.29, 1.82) is 0 Å². The van der Waals surface area contributed by atoms with Gasteiger partial charge >= 0.3 is 0 Å². The number of carbonyl (C=O) groups is 1. The van der Waals surface area contributed by atoms with Crippen LogP contribution in [0.3, 0.4) is 0 Å². The van der Waals surface area contributed by atoms with Gasteiger partial charge in [0, 0.05) is 5.54 Å². The first-order chi connectivity index (χ1) is 7.97. The molecule has 1 aliphatic carbocycles. The van der Waals surface area contributed by atoms with Gasteiger partial charge in [-0.3, -0.25) is 4.79 Å². The molecule has 98 valence electrons. The van der Waals surface area contributed by atoms with Gasteiger partial charge in [-0.2, -0.15) is 0 Å². The van der Waals surface area contributed by atoms with E-state index in [1.165, 1.54) is 25.7 Å². The molecule has 0 radical (unpaired) electrons. The van der Waals surface area contributed by atoms with Crippen LogP contribution in [0.2, 0.25) is 0 Å². The Bertz CT molecular complexity index is 276. The van der Waals surface area contributed by atoms with Crippen LogP contribution in [0.15, 0.2) is 11.6 Å². The highest BCUT2D eigenvalue weighted by atomic mass is 16.2. The number of rotatable bonds is 5. The van der Waals surface area contributed by atoms with Crippen LogP contribution in [0.4, 0.5) is 0 Å². The zero-order valence-corrected chi connectivity index (χ0v) is 11.4. The zero-order valence-electron chi connectivity index (χ0n) is 11.4. The third kappa shape index (κ3) is 7.16. The summed E-state index contributed by atoms with van der Waals surface area (Å²) in [6.07, 6.45) is 8.60. The van der Waals surface area contributed by atoms with Crippen molar-refractivity contribution < 1.29 is 4.79 Å². The zero-order chi connectivity index (χ0) is 12.7. The molecule has 3 nitrogen and oxygen atoms in total. The Hall–Kier alpha value is -0.830. The maximum atomic E-state index is 11.5. The van der Waals surface area contributed by atoms with Crippen LogP contribution in [0.1, 0.15) is 52.9 Å². The predicted octanol–water partition coefficient (Wildman–Crippen LogP) is 2.38. The van der Waals surface area contributed by atoms with Gasteiger partial charge < -0.3 is 10.6 Å². The highest BCUT2D eigenvalue weighted by Crippen LogP contribution is 2.19. The maximum absolute atomic E-state index is 11.5. The molecule has 0 aromatic heterocycles. The van der Waals surface area contributed by atoms with Gasteiger partial charge in [0.15, 0.2) is 0 Å². The summed E-state index contributed by atoms with van der Waals surface area (Å²) in [7, 11) is 0. The molecule has 0 aliphatic heterocycles. The second-order valence-electron chi connectivity index (χ2n) is 5.83. The van der Waals surface area contributed by atoms with Gasteiger partial charge in [0.1, 0.15) is 0 Å². The average molecular weight is 238 g/mol. The van der Waals surface area contributed by atoms with Crippen molar-refractivity contribution in [3.8, 4) is 0 Å². The lowest BCUT2D eigenvalue weighted by molar-refractivity contribution is -0.121. The topological polar surface area (TPSA) is 41.1 Å². The first-order valence-electron chi connectivity index (χ1n) is 6.67. The molecule has 0 unspecified atom stereocenters. The summed E-state index contributed by atoms with van der Waals surface area (Å²) in [4.78, 5) is 11.5. The molecule has 1 aliphatic rings. The summed E-state index contributed by atoms with van der Waals surface area (Å²) in [6, 6.07) is 0. The van der Waals surface area contributed by atoms with Gasteiger partial charge in [0.25, 0.3) is 0 Å². The predicted molar refractivity (Wildman–Crippen MR) is 71.9 cm³/mol. The molecule has 0 saturated carbocycles. The van der Waals surface area contributed by atoms with E-state index in [2.05, 4.69) is 16.7 Å². The normalized spacial score (nSPS) is 16.5. The average Bonchev–Trinajstić information content (AvgIpc) is 2.23. The van der Waals surface area contributed by atoms with Gasteiger partial charge in [-0.1, -0.05) is 11.6 Å². The maximum Gasteiger partial charge on any atom is 0.234 e. The van der Waals surface area contributed by atoms with Crippen molar-refractivity contribution in [2.75, 3.05) is 13.1 Å². The van der Waals surface area contributed by atoms with Crippen LogP contribution >= 0.6 is 0 Å². The van der Waals surface area contributed by atoms with Crippen LogP contribution in [-0.4, -0.2) is 24.5 Å². The SMILES string of the molecule is CC(C)(C)NC(=O)CNCCC1=CCCCC1. The minimum absolute atomic E-state index is 0.0788. The molecule has 0 atom stereocenters. The summed E-state index contributed by atoms with van der Waals surface area (Å²) < 4.78 is 0. The van der Waals surface area contributed by atoms with Crippen molar-refractivity contribution in [2.45, 2.75) is 58.4 Å². The molecule has 2 N–H and O–H groups in total. The third-order valence-electron chi connectivity index (χ3n) is 2.81. The van der Waals surface area contributed by atoms with Gasteiger partial charge in [-0.05, 0) is 59.4 Å². The largest absolute Gasteiger partial charge is 0.350 e. The molecular formula is C14H26N2O. The van der Waals surface area contributed by atoms with Gasteiger partial charge in [-0.25, -0.2) is 0 Å². The van der Waals surface area contributed by atoms with Crippen LogP contribution in [0, 0.1) is 0 Å². The van der Waals surface area contributed by atoms with E-state index in [0.29, 0.717) is 6.54 Å². The van der Waals surface area contributed by atoms with E-state index >= 15 is 0 Å². The summed E-state index contributed by atoms with van der Waals surface area (Å²) >= 11 is 0. The Labute approximate surface area is 105 Å². The second-order valence-corrected chi connectivity index (χ2v) is 5.83. The number of hydrogen-bond donors (Lipinski definition) is 2. The first-order valence-corrected chi connectivity index (χ1v) is 6.67.